The Kier molecular flexibility index (Phi) is 4.61. The molecule has 0 unspecified atom stereocenters. The van der Waals surface area contributed by atoms with Gasteiger partial charge in [0.1, 0.15) is 5.69 Å². The Labute approximate surface area is 105 Å². The number of anilines is 1. The summed E-state index contributed by atoms with van der Waals surface area (Å²) in [6.45, 7) is 2.30. The monoisotopic (exact) mass is 252 g/mol. The third kappa shape index (κ3) is 3.17. The van der Waals surface area contributed by atoms with Crippen molar-refractivity contribution < 1.29 is 9.72 Å². The molecule has 2 N–H and O–H groups in total. The lowest BCUT2D eigenvalue weighted by Crippen LogP contribution is -2.36. The van der Waals surface area contributed by atoms with Crippen molar-refractivity contribution in [3.05, 3.63) is 33.9 Å². The van der Waals surface area contributed by atoms with Crippen molar-refractivity contribution in [3.63, 3.8) is 0 Å². The largest absolute Gasteiger partial charge is 0.379 e. The number of nitro benzene ring substituents is 1. The van der Waals surface area contributed by atoms with E-state index in [0.29, 0.717) is 6.54 Å². The van der Waals surface area contributed by atoms with E-state index in [1.165, 1.54) is 17.1 Å². The van der Waals surface area contributed by atoms with Gasteiger partial charge in [0.05, 0.1) is 10.5 Å². The average Bonchev–Trinajstić information content (AvgIpc) is 2.28. The van der Waals surface area contributed by atoms with Crippen molar-refractivity contribution in [1.29, 1.82) is 0 Å². The Morgan fingerprint density at radius 1 is 1.44 bits per heavy atom. The highest BCUT2D eigenvalue weighted by Gasteiger charge is 2.21. The molecule has 0 aliphatic carbocycles. The minimum Gasteiger partial charge on any atom is -0.379 e. The molecule has 7 heteroatoms. The SMILES string of the molecule is CCNc1c(C(=O)NN(C)C)cccc1[N+](=O)[O-]. The normalized spacial score (nSPS) is 10.2. The molecule has 0 aromatic heterocycles. The van der Waals surface area contributed by atoms with E-state index in [9.17, 15) is 14.9 Å². The number of hydrogen-bond acceptors (Lipinski definition) is 5. The second-order valence-corrected chi connectivity index (χ2v) is 3.82. The average molecular weight is 252 g/mol. The Hall–Kier alpha value is -2.15. The van der Waals surface area contributed by atoms with Crippen LogP contribution in [0.1, 0.15) is 17.3 Å². The zero-order valence-corrected chi connectivity index (χ0v) is 10.6. The van der Waals surface area contributed by atoms with Gasteiger partial charge in [-0.1, -0.05) is 6.07 Å². The Morgan fingerprint density at radius 3 is 2.61 bits per heavy atom. The van der Waals surface area contributed by atoms with E-state index >= 15 is 0 Å². The molecule has 0 atom stereocenters. The molecular formula is C11H16N4O3. The van der Waals surface area contributed by atoms with Crippen molar-refractivity contribution in [3.8, 4) is 0 Å². The van der Waals surface area contributed by atoms with E-state index in [0.717, 1.165) is 0 Å². The predicted molar refractivity (Wildman–Crippen MR) is 68.4 cm³/mol. The highest BCUT2D eigenvalue weighted by molar-refractivity contribution is 6.01. The topological polar surface area (TPSA) is 87.5 Å². The summed E-state index contributed by atoms with van der Waals surface area (Å²) in [4.78, 5) is 22.3. The summed E-state index contributed by atoms with van der Waals surface area (Å²) in [6, 6.07) is 4.40. The molecule has 1 aromatic carbocycles. The van der Waals surface area contributed by atoms with Gasteiger partial charge in [-0.05, 0) is 13.0 Å². The number of nitrogens with one attached hydrogen (secondary N) is 2. The molecule has 7 nitrogen and oxygen atoms in total. The molecule has 18 heavy (non-hydrogen) atoms. The molecule has 0 radical (unpaired) electrons. The van der Waals surface area contributed by atoms with Crippen LogP contribution in [0.3, 0.4) is 0 Å². The smallest absolute Gasteiger partial charge is 0.293 e. The lowest BCUT2D eigenvalue weighted by Gasteiger charge is -2.14. The first-order chi connectivity index (χ1) is 8.47. The number of hydrazine groups is 1. The molecule has 0 aliphatic heterocycles. The van der Waals surface area contributed by atoms with E-state index in [2.05, 4.69) is 10.7 Å². The molecule has 1 rings (SSSR count). The highest BCUT2D eigenvalue weighted by Crippen LogP contribution is 2.28. The van der Waals surface area contributed by atoms with Crippen LogP contribution >= 0.6 is 0 Å². The van der Waals surface area contributed by atoms with Gasteiger partial charge in [0.15, 0.2) is 0 Å². The maximum Gasteiger partial charge on any atom is 0.293 e. The molecule has 1 amide bonds. The fourth-order valence-corrected chi connectivity index (χ4v) is 1.51. The molecule has 0 heterocycles. The quantitative estimate of drug-likeness (QED) is 0.608. The molecule has 0 saturated carbocycles. The van der Waals surface area contributed by atoms with Crippen LogP contribution in [0.5, 0.6) is 0 Å². The zero-order chi connectivity index (χ0) is 13.7. The van der Waals surface area contributed by atoms with Crippen LogP contribution < -0.4 is 10.7 Å². The number of carbonyl (C=O) groups excluding carboxylic acids is 1. The van der Waals surface area contributed by atoms with Gasteiger partial charge in [0, 0.05) is 26.7 Å². The maximum atomic E-state index is 11.9. The van der Waals surface area contributed by atoms with Crippen LogP contribution in [0.25, 0.3) is 0 Å². The van der Waals surface area contributed by atoms with E-state index in [1.54, 1.807) is 20.2 Å². The summed E-state index contributed by atoms with van der Waals surface area (Å²) in [7, 11) is 3.34. The minimum atomic E-state index is -0.509. The maximum absolute atomic E-state index is 11.9. The van der Waals surface area contributed by atoms with E-state index in [4.69, 9.17) is 0 Å². The molecular weight excluding hydrogens is 236 g/mol. The molecule has 0 saturated heterocycles. The van der Waals surface area contributed by atoms with Crippen LogP contribution in [-0.4, -0.2) is 36.5 Å². The summed E-state index contributed by atoms with van der Waals surface area (Å²) in [5.41, 5.74) is 2.94. The van der Waals surface area contributed by atoms with Gasteiger partial charge >= 0.3 is 0 Å². The fraction of sp³-hybridized carbons (Fsp3) is 0.364. The fourth-order valence-electron chi connectivity index (χ4n) is 1.51. The number of rotatable bonds is 5. The van der Waals surface area contributed by atoms with Gasteiger partial charge in [-0.2, -0.15) is 0 Å². The first kappa shape index (κ1) is 13.9. The first-order valence-corrected chi connectivity index (χ1v) is 5.47. The lowest BCUT2D eigenvalue weighted by atomic mass is 10.1. The van der Waals surface area contributed by atoms with Crippen LogP contribution in [0.2, 0.25) is 0 Å². The third-order valence-electron chi connectivity index (χ3n) is 2.16. The molecule has 0 spiro atoms. The van der Waals surface area contributed by atoms with Gasteiger partial charge in [-0.15, -0.1) is 0 Å². The van der Waals surface area contributed by atoms with Gasteiger partial charge < -0.3 is 5.32 Å². The second kappa shape index (κ2) is 5.97. The summed E-state index contributed by atoms with van der Waals surface area (Å²) in [5, 5.41) is 15.3. The van der Waals surface area contributed by atoms with Crippen LogP contribution in [-0.2, 0) is 0 Å². The zero-order valence-electron chi connectivity index (χ0n) is 10.6. The third-order valence-corrected chi connectivity index (χ3v) is 2.16. The number of benzene rings is 1. The van der Waals surface area contributed by atoms with Crippen molar-refractivity contribution in [2.45, 2.75) is 6.92 Å². The molecule has 1 aromatic rings. The number of carbonyl (C=O) groups is 1. The molecule has 0 aliphatic rings. The van der Waals surface area contributed by atoms with Crippen molar-refractivity contribution in [2.24, 2.45) is 0 Å². The van der Waals surface area contributed by atoms with Crippen LogP contribution in [0, 0.1) is 10.1 Å². The molecule has 0 fully saturated rings. The molecule has 98 valence electrons. The Morgan fingerprint density at radius 2 is 2.11 bits per heavy atom. The number of para-hydroxylation sites is 1. The lowest BCUT2D eigenvalue weighted by molar-refractivity contribution is -0.384. The van der Waals surface area contributed by atoms with Crippen LogP contribution in [0.4, 0.5) is 11.4 Å². The summed E-state index contributed by atoms with van der Waals surface area (Å²) in [5.74, 6) is -0.389. The van der Waals surface area contributed by atoms with Gasteiger partial charge in [-0.25, -0.2) is 5.01 Å². The van der Waals surface area contributed by atoms with Gasteiger partial charge in [0.25, 0.3) is 11.6 Å². The van der Waals surface area contributed by atoms with Crippen molar-refractivity contribution >= 4 is 17.3 Å². The molecule has 0 bridgehead atoms. The predicted octanol–water partition coefficient (Wildman–Crippen LogP) is 1.23. The summed E-state index contributed by atoms with van der Waals surface area (Å²) in [6.07, 6.45) is 0. The van der Waals surface area contributed by atoms with Crippen molar-refractivity contribution in [2.75, 3.05) is 26.0 Å². The van der Waals surface area contributed by atoms with E-state index in [1.807, 2.05) is 6.92 Å². The van der Waals surface area contributed by atoms with Gasteiger partial charge in [-0.3, -0.25) is 20.3 Å². The van der Waals surface area contributed by atoms with E-state index < -0.39 is 4.92 Å². The highest BCUT2D eigenvalue weighted by atomic mass is 16.6. The second-order valence-electron chi connectivity index (χ2n) is 3.82. The Balaban J connectivity index is 3.21. The summed E-state index contributed by atoms with van der Waals surface area (Å²) >= 11 is 0. The first-order valence-electron chi connectivity index (χ1n) is 5.47. The summed E-state index contributed by atoms with van der Waals surface area (Å²) < 4.78 is 0. The number of nitrogens with zero attached hydrogens (tertiary/aromatic N) is 2. The van der Waals surface area contributed by atoms with Crippen molar-refractivity contribution in [1.82, 2.24) is 10.4 Å². The van der Waals surface area contributed by atoms with Crippen LogP contribution in [0.15, 0.2) is 18.2 Å². The van der Waals surface area contributed by atoms with Gasteiger partial charge in [0.2, 0.25) is 0 Å². The Bertz CT molecular complexity index is 460. The standard InChI is InChI=1S/C11H16N4O3/c1-4-12-10-8(11(16)13-14(2)3)6-5-7-9(10)15(17)18/h5-7,12H,4H2,1-3H3,(H,13,16). The minimum absolute atomic E-state index is 0.108. The number of nitro groups is 1. The number of hydrogen-bond donors (Lipinski definition) is 2. The van der Waals surface area contributed by atoms with E-state index in [-0.39, 0.29) is 22.8 Å². The number of amides is 1.